The van der Waals surface area contributed by atoms with Crippen LogP contribution in [0.5, 0.6) is 0 Å². The highest BCUT2D eigenvalue weighted by Crippen LogP contribution is 2.06. The zero-order valence-electron chi connectivity index (χ0n) is 7.11. The van der Waals surface area contributed by atoms with Gasteiger partial charge in [0.05, 0.1) is 5.52 Å². The van der Waals surface area contributed by atoms with Crippen molar-refractivity contribution < 1.29 is 0 Å². The van der Waals surface area contributed by atoms with Crippen LogP contribution in [0, 0.1) is 6.92 Å². The summed E-state index contributed by atoms with van der Waals surface area (Å²) in [6, 6.07) is 3.88. The number of hydrogen-bond acceptors (Lipinski definition) is 1. The topological polar surface area (TPSA) is 26.4 Å². The van der Waals surface area contributed by atoms with Gasteiger partial charge in [-0.2, -0.15) is 0 Å². The highest BCUT2D eigenvalue weighted by molar-refractivity contribution is 5.53. The normalized spacial score (nSPS) is 10.8. The second-order valence-electron chi connectivity index (χ2n) is 2.96. The molecule has 3 nitrogen and oxygen atoms in total. The van der Waals surface area contributed by atoms with E-state index in [9.17, 15) is 4.79 Å². The van der Waals surface area contributed by atoms with E-state index in [0.717, 1.165) is 11.1 Å². The molecule has 0 aromatic carbocycles. The molecule has 0 bridgehead atoms. The quantitative estimate of drug-likeness (QED) is 0.566. The first-order valence-corrected chi connectivity index (χ1v) is 3.83. The second kappa shape index (κ2) is 2.24. The average Bonchev–Trinajstić information content (AvgIpc) is 2.41. The van der Waals surface area contributed by atoms with Crippen molar-refractivity contribution in [2.24, 2.45) is 7.05 Å². The van der Waals surface area contributed by atoms with Gasteiger partial charge in [-0.05, 0) is 24.6 Å². The van der Waals surface area contributed by atoms with E-state index in [0.29, 0.717) is 0 Å². The Kier molecular flexibility index (Phi) is 1.33. The minimum Gasteiger partial charge on any atom is -0.303 e. The summed E-state index contributed by atoms with van der Waals surface area (Å²) in [5.74, 6) is 0. The van der Waals surface area contributed by atoms with Crippen LogP contribution in [0.15, 0.2) is 29.3 Å². The molecule has 12 heavy (non-hydrogen) atoms. The van der Waals surface area contributed by atoms with Crippen molar-refractivity contribution in [1.29, 1.82) is 0 Å². The molecule has 2 aromatic heterocycles. The van der Waals surface area contributed by atoms with E-state index < -0.39 is 0 Å². The van der Waals surface area contributed by atoms with Crippen LogP contribution in [-0.2, 0) is 7.05 Å². The van der Waals surface area contributed by atoms with Crippen molar-refractivity contribution in [1.82, 2.24) is 8.97 Å². The highest BCUT2D eigenvalue weighted by Gasteiger charge is 2.00. The fourth-order valence-electron chi connectivity index (χ4n) is 1.34. The Morgan fingerprint density at radius 1 is 1.25 bits per heavy atom. The van der Waals surface area contributed by atoms with Crippen LogP contribution in [0.3, 0.4) is 0 Å². The van der Waals surface area contributed by atoms with Gasteiger partial charge in [-0.15, -0.1) is 0 Å². The lowest BCUT2D eigenvalue weighted by molar-refractivity contribution is 0.791. The first kappa shape index (κ1) is 7.16. The molecule has 0 aliphatic rings. The average molecular weight is 162 g/mol. The van der Waals surface area contributed by atoms with Gasteiger partial charge in [0.25, 0.3) is 0 Å². The number of nitrogens with zero attached hydrogens (tertiary/aromatic N) is 2. The van der Waals surface area contributed by atoms with Crippen molar-refractivity contribution in [2.45, 2.75) is 6.92 Å². The van der Waals surface area contributed by atoms with Crippen LogP contribution >= 0.6 is 0 Å². The molecule has 0 N–H and O–H groups in total. The molecular weight excluding hydrogens is 152 g/mol. The Labute approximate surface area is 69.9 Å². The molecule has 0 saturated carbocycles. The van der Waals surface area contributed by atoms with Gasteiger partial charge < -0.3 is 4.57 Å². The van der Waals surface area contributed by atoms with Gasteiger partial charge in [0.1, 0.15) is 0 Å². The fraction of sp³-hybridized carbons (Fsp3) is 0.222. The number of aryl methyl sites for hydroxylation is 2. The molecule has 0 aliphatic heterocycles. The third-order valence-corrected chi connectivity index (χ3v) is 2.10. The highest BCUT2D eigenvalue weighted by atomic mass is 16.1. The number of fused-ring (bicyclic) bond motifs is 1. The first-order valence-electron chi connectivity index (χ1n) is 3.83. The fourth-order valence-corrected chi connectivity index (χ4v) is 1.34. The molecule has 0 unspecified atom stereocenters. The summed E-state index contributed by atoms with van der Waals surface area (Å²) in [5, 5.41) is 0. The molecule has 2 aromatic rings. The van der Waals surface area contributed by atoms with E-state index in [1.807, 2.05) is 19.1 Å². The Hall–Kier alpha value is -1.51. The van der Waals surface area contributed by atoms with Crippen molar-refractivity contribution in [2.75, 3.05) is 0 Å². The second-order valence-corrected chi connectivity index (χ2v) is 2.96. The molecular formula is C9H10N2O. The number of aromatic nitrogens is 2. The molecule has 2 heterocycles. The summed E-state index contributed by atoms with van der Waals surface area (Å²) < 4.78 is 3.21. The molecule has 0 amide bonds. The van der Waals surface area contributed by atoms with Gasteiger partial charge in [0.15, 0.2) is 0 Å². The Bertz CT molecular complexity index is 479. The molecule has 0 spiro atoms. The maximum atomic E-state index is 11.5. The standard InChI is InChI=1S/C9H10N2O/c1-7-3-6-11-8(7)4-5-10(2)9(11)12/h3-6H,1-2H3. The summed E-state index contributed by atoms with van der Waals surface area (Å²) in [7, 11) is 1.75. The van der Waals surface area contributed by atoms with E-state index in [1.54, 1.807) is 28.4 Å². The zero-order valence-corrected chi connectivity index (χ0v) is 7.11. The molecule has 0 atom stereocenters. The van der Waals surface area contributed by atoms with Gasteiger partial charge >= 0.3 is 5.69 Å². The molecule has 0 fully saturated rings. The van der Waals surface area contributed by atoms with E-state index in [-0.39, 0.29) is 5.69 Å². The lowest BCUT2D eigenvalue weighted by Gasteiger charge is -1.98. The SMILES string of the molecule is Cc1ccn2c(=O)n(C)ccc12. The minimum absolute atomic E-state index is 0.000556. The molecule has 62 valence electrons. The third-order valence-electron chi connectivity index (χ3n) is 2.10. The summed E-state index contributed by atoms with van der Waals surface area (Å²) in [5.41, 5.74) is 2.12. The molecule has 0 aliphatic carbocycles. The summed E-state index contributed by atoms with van der Waals surface area (Å²) >= 11 is 0. The van der Waals surface area contributed by atoms with E-state index in [4.69, 9.17) is 0 Å². The largest absolute Gasteiger partial charge is 0.332 e. The third kappa shape index (κ3) is 0.794. The summed E-state index contributed by atoms with van der Waals surface area (Å²) in [6.07, 6.45) is 3.58. The summed E-state index contributed by atoms with van der Waals surface area (Å²) in [4.78, 5) is 11.5. The van der Waals surface area contributed by atoms with Gasteiger partial charge in [-0.25, -0.2) is 4.79 Å². The zero-order chi connectivity index (χ0) is 8.72. The summed E-state index contributed by atoms with van der Waals surface area (Å²) in [6.45, 7) is 1.99. The lowest BCUT2D eigenvalue weighted by atomic mass is 10.3. The Morgan fingerprint density at radius 2 is 2.00 bits per heavy atom. The van der Waals surface area contributed by atoms with Gasteiger partial charge in [-0.1, -0.05) is 0 Å². The number of hydrogen-bond donors (Lipinski definition) is 0. The Morgan fingerprint density at radius 3 is 2.75 bits per heavy atom. The van der Waals surface area contributed by atoms with Crippen LogP contribution in [0.1, 0.15) is 5.56 Å². The smallest absolute Gasteiger partial charge is 0.303 e. The van der Waals surface area contributed by atoms with E-state index >= 15 is 0 Å². The predicted molar refractivity (Wildman–Crippen MR) is 47.4 cm³/mol. The van der Waals surface area contributed by atoms with Crippen molar-refractivity contribution in [3.8, 4) is 0 Å². The van der Waals surface area contributed by atoms with E-state index in [2.05, 4.69) is 0 Å². The van der Waals surface area contributed by atoms with Crippen LogP contribution in [0.25, 0.3) is 5.52 Å². The van der Waals surface area contributed by atoms with Crippen molar-refractivity contribution in [3.05, 3.63) is 40.6 Å². The molecule has 2 rings (SSSR count). The van der Waals surface area contributed by atoms with Crippen LogP contribution < -0.4 is 5.69 Å². The Balaban J connectivity index is 3.03. The first-order chi connectivity index (χ1) is 5.70. The van der Waals surface area contributed by atoms with E-state index in [1.165, 1.54) is 0 Å². The molecule has 3 heteroatoms. The maximum Gasteiger partial charge on any atom is 0.332 e. The lowest BCUT2D eigenvalue weighted by Crippen LogP contribution is -2.22. The van der Waals surface area contributed by atoms with Gasteiger partial charge in [0.2, 0.25) is 0 Å². The van der Waals surface area contributed by atoms with Crippen LogP contribution in [0.4, 0.5) is 0 Å². The van der Waals surface area contributed by atoms with Gasteiger partial charge in [0, 0.05) is 19.4 Å². The van der Waals surface area contributed by atoms with Gasteiger partial charge in [-0.3, -0.25) is 4.40 Å². The number of rotatable bonds is 0. The molecule has 0 saturated heterocycles. The van der Waals surface area contributed by atoms with Crippen molar-refractivity contribution >= 4 is 5.52 Å². The predicted octanol–water partition coefficient (Wildman–Crippen LogP) is 0.946. The monoisotopic (exact) mass is 162 g/mol. The van der Waals surface area contributed by atoms with Crippen molar-refractivity contribution in [3.63, 3.8) is 0 Å². The molecule has 0 radical (unpaired) electrons. The maximum absolute atomic E-state index is 11.5. The minimum atomic E-state index is 0.000556. The van der Waals surface area contributed by atoms with Crippen LogP contribution in [0.2, 0.25) is 0 Å². The van der Waals surface area contributed by atoms with Crippen LogP contribution in [-0.4, -0.2) is 8.97 Å².